The summed E-state index contributed by atoms with van der Waals surface area (Å²) in [6, 6.07) is 0.953. The molecule has 2 fully saturated rings. The van der Waals surface area contributed by atoms with Gasteiger partial charge in [-0.3, -0.25) is 0 Å². The van der Waals surface area contributed by atoms with Crippen molar-refractivity contribution in [3.8, 4) is 0 Å². The van der Waals surface area contributed by atoms with Crippen LogP contribution in [0.3, 0.4) is 0 Å². The standard InChI is InChI=1S/C13H26N2O/c16-9-3-1-2-7-14-10-12-6-8-15(11-12)13-4-5-13/h12-14,16H,1-11H2. The maximum Gasteiger partial charge on any atom is 0.0431 e. The molecule has 1 aliphatic carbocycles. The maximum atomic E-state index is 8.66. The minimum absolute atomic E-state index is 0.346. The van der Waals surface area contributed by atoms with Gasteiger partial charge in [0.05, 0.1) is 0 Å². The van der Waals surface area contributed by atoms with Crippen molar-refractivity contribution in [2.75, 3.05) is 32.8 Å². The summed E-state index contributed by atoms with van der Waals surface area (Å²) in [5, 5.41) is 12.2. The van der Waals surface area contributed by atoms with Gasteiger partial charge in [-0.05, 0) is 64.1 Å². The van der Waals surface area contributed by atoms with E-state index in [-0.39, 0.29) is 0 Å². The number of likely N-dealkylation sites (tertiary alicyclic amines) is 1. The molecule has 1 aliphatic heterocycles. The van der Waals surface area contributed by atoms with E-state index < -0.39 is 0 Å². The van der Waals surface area contributed by atoms with Crippen molar-refractivity contribution in [1.82, 2.24) is 10.2 Å². The zero-order chi connectivity index (χ0) is 11.2. The van der Waals surface area contributed by atoms with Crippen molar-refractivity contribution >= 4 is 0 Å². The highest BCUT2D eigenvalue weighted by atomic mass is 16.2. The predicted molar refractivity (Wildman–Crippen MR) is 66.5 cm³/mol. The zero-order valence-electron chi connectivity index (χ0n) is 10.3. The van der Waals surface area contributed by atoms with E-state index in [1.165, 1.54) is 45.3 Å². The Morgan fingerprint density at radius 2 is 2.00 bits per heavy atom. The Labute approximate surface area is 99.2 Å². The topological polar surface area (TPSA) is 35.5 Å². The van der Waals surface area contributed by atoms with Crippen molar-refractivity contribution in [2.24, 2.45) is 5.92 Å². The monoisotopic (exact) mass is 226 g/mol. The van der Waals surface area contributed by atoms with Gasteiger partial charge in [-0.1, -0.05) is 0 Å². The zero-order valence-corrected chi connectivity index (χ0v) is 10.3. The third-order valence-corrected chi connectivity index (χ3v) is 3.83. The van der Waals surface area contributed by atoms with Crippen molar-refractivity contribution < 1.29 is 5.11 Å². The maximum absolute atomic E-state index is 8.66. The van der Waals surface area contributed by atoms with Gasteiger partial charge in [-0.15, -0.1) is 0 Å². The van der Waals surface area contributed by atoms with Gasteiger partial charge in [0.1, 0.15) is 0 Å². The molecule has 2 aliphatic rings. The van der Waals surface area contributed by atoms with Gasteiger partial charge in [-0.2, -0.15) is 0 Å². The molecular weight excluding hydrogens is 200 g/mol. The van der Waals surface area contributed by atoms with Gasteiger partial charge in [0, 0.05) is 19.2 Å². The van der Waals surface area contributed by atoms with E-state index in [9.17, 15) is 0 Å². The number of hydrogen-bond acceptors (Lipinski definition) is 3. The van der Waals surface area contributed by atoms with Gasteiger partial charge >= 0.3 is 0 Å². The van der Waals surface area contributed by atoms with Gasteiger partial charge in [-0.25, -0.2) is 0 Å². The van der Waals surface area contributed by atoms with Crippen LogP contribution in [0.15, 0.2) is 0 Å². The molecule has 0 amide bonds. The molecule has 1 unspecified atom stereocenters. The lowest BCUT2D eigenvalue weighted by Crippen LogP contribution is -2.28. The number of aliphatic hydroxyl groups excluding tert-OH is 1. The Bertz CT molecular complexity index is 194. The molecule has 0 aromatic heterocycles. The second-order valence-electron chi connectivity index (χ2n) is 5.37. The minimum Gasteiger partial charge on any atom is -0.396 e. The number of nitrogens with one attached hydrogen (secondary N) is 1. The summed E-state index contributed by atoms with van der Waals surface area (Å²) < 4.78 is 0. The molecule has 1 heterocycles. The molecular formula is C13H26N2O. The lowest BCUT2D eigenvalue weighted by molar-refractivity contribution is 0.282. The fourth-order valence-electron chi connectivity index (χ4n) is 2.65. The summed E-state index contributed by atoms with van der Waals surface area (Å²) in [6.07, 6.45) is 7.60. The number of nitrogens with zero attached hydrogens (tertiary/aromatic N) is 1. The van der Waals surface area contributed by atoms with Crippen LogP contribution in [-0.4, -0.2) is 48.8 Å². The summed E-state index contributed by atoms with van der Waals surface area (Å²) in [5.74, 6) is 0.887. The summed E-state index contributed by atoms with van der Waals surface area (Å²) in [4.78, 5) is 2.68. The molecule has 0 aromatic rings. The van der Waals surface area contributed by atoms with Gasteiger partial charge in [0.15, 0.2) is 0 Å². The van der Waals surface area contributed by atoms with Crippen LogP contribution in [0.2, 0.25) is 0 Å². The summed E-state index contributed by atoms with van der Waals surface area (Å²) >= 11 is 0. The molecule has 2 rings (SSSR count). The van der Waals surface area contributed by atoms with Crippen molar-refractivity contribution in [1.29, 1.82) is 0 Å². The van der Waals surface area contributed by atoms with Gasteiger partial charge < -0.3 is 15.3 Å². The van der Waals surface area contributed by atoms with E-state index in [4.69, 9.17) is 5.11 Å². The molecule has 3 heteroatoms. The SMILES string of the molecule is OCCCCCNCC1CCN(C2CC2)C1. The number of unbranched alkanes of at least 4 members (excludes halogenated alkanes) is 2. The molecule has 3 nitrogen and oxygen atoms in total. The van der Waals surface area contributed by atoms with Crippen molar-refractivity contribution in [2.45, 2.75) is 44.6 Å². The number of hydrogen-bond donors (Lipinski definition) is 2. The fourth-order valence-corrected chi connectivity index (χ4v) is 2.65. The second-order valence-corrected chi connectivity index (χ2v) is 5.37. The van der Waals surface area contributed by atoms with Gasteiger partial charge in [0.25, 0.3) is 0 Å². The minimum atomic E-state index is 0.346. The average Bonchev–Trinajstić information content (AvgIpc) is 3.04. The second kappa shape index (κ2) is 6.58. The lowest BCUT2D eigenvalue weighted by atomic mass is 10.1. The smallest absolute Gasteiger partial charge is 0.0431 e. The van der Waals surface area contributed by atoms with E-state index in [0.29, 0.717) is 6.61 Å². The summed E-state index contributed by atoms with van der Waals surface area (Å²) in [6.45, 7) is 5.33. The Morgan fingerprint density at radius 3 is 2.75 bits per heavy atom. The van der Waals surface area contributed by atoms with Crippen LogP contribution in [0.4, 0.5) is 0 Å². The lowest BCUT2D eigenvalue weighted by Gasteiger charge is -2.15. The third kappa shape index (κ3) is 4.04. The summed E-state index contributed by atoms with van der Waals surface area (Å²) in [7, 11) is 0. The number of aliphatic hydroxyl groups is 1. The predicted octanol–water partition coefficient (Wildman–Crippen LogP) is 1.22. The molecule has 1 saturated heterocycles. The molecule has 0 spiro atoms. The molecule has 2 N–H and O–H groups in total. The van der Waals surface area contributed by atoms with Crippen LogP contribution in [0, 0.1) is 5.92 Å². The van der Waals surface area contributed by atoms with Crippen LogP contribution >= 0.6 is 0 Å². The first-order chi connectivity index (χ1) is 7.90. The van der Waals surface area contributed by atoms with Crippen LogP contribution in [0.1, 0.15) is 38.5 Å². The van der Waals surface area contributed by atoms with E-state index in [1.807, 2.05) is 0 Å². The number of rotatable bonds is 8. The van der Waals surface area contributed by atoms with Crippen molar-refractivity contribution in [3.05, 3.63) is 0 Å². The fraction of sp³-hybridized carbons (Fsp3) is 1.00. The Kier molecular flexibility index (Phi) is 5.07. The molecule has 0 radical (unpaired) electrons. The van der Waals surface area contributed by atoms with Gasteiger partial charge in [0.2, 0.25) is 0 Å². The van der Waals surface area contributed by atoms with Crippen LogP contribution in [0.25, 0.3) is 0 Å². The molecule has 16 heavy (non-hydrogen) atoms. The molecule has 1 atom stereocenters. The van der Waals surface area contributed by atoms with Crippen LogP contribution in [0.5, 0.6) is 0 Å². The highest BCUT2D eigenvalue weighted by Gasteiger charge is 2.33. The van der Waals surface area contributed by atoms with Crippen LogP contribution in [-0.2, 0) is 0 Å². The molecule has 0 bridgehead atoms. The van der Waals surface area contributed by atoms with E-state index in [1.54, 1.807) is 0 Å². The summed E-state index contributed by atoms with van der Waals surface area (Å²) in [5.41, 5.74) is 0. The van der Waals surface area contributed by atoms with E-state index >= 15 is 0 Å². The largest absolute Gasteiger partial charge is 0.396 e. The van der Waals surface area contributed by atoms with E-state index in [2.05, 4.69) is 10.2 Å². The average molecular weight is 226 g/mol. The molecule has 0 aromatic carbocycles. The third-order valence-electron chi connectivity index (χ3n) is 3.83. The highest BCUT2D eigenvalue weighted by Crippen LogP contribution is 2.31. The first kappa shape index (κ1) is 12.3. The Hall–Kier alpha value is -0.120. The van der Waals surface area contributed by atoms with E-state index in [0.717, 1.165) is 31.3 Å². The molecule has 1 saturated carbocycles. The quantitative estimate of drug-likeness (QED) is 0.611. The first-order valence-corrected chi connectivity index (χ1v) is 6.96. The Balaban J connectivity index is 1.44. The van der Waals surface area contributed by atoms with Crippen molar-refractivity contribution in [3.63, 3.8) is 0 Å². The first-order valence-electron chi connectivity index (χ1n) is 6.96. The highest BCUT2D eigenvalue weighted by molar-refractivity contribution is 4.89. The normalized spacial score (nSPS) is 26.4. The van der Waals surface area contributed by atoms with Crippen LogP contribution < -0.4 is 5.32 Å². The molecule has 94 valence electrons. The Morgan fingerprint density at radius 1 is 1.12 bits per heavy atom.